The Labute approximate surface area is 156 Å². The fraction of sp³-hybridized carbons (Fsp3) is 0.619. The molecule has 1 N–H and O–H groups in total. The Morgan fingerprint density at radius 1 is 1.04 bits per heavy atom. The average molecular weight is 359 g/mol. The molecule has 0 spiro atoms. The summed E-state index contributed by atoms with van der Waals surface area (Å²) in [6, 6.07) is 8.63. The van der Waals surface area contributed by atoms with Crippen LogP contribution >= 0.6 is 0 Å². The van der Waals surface area contributed by atoms with Gasteiger partial charge in [0, 0.05) is 23.3 Å². The first-order valence-electron chi connectivity index (χ1n) is 9.96. The standard InChI is InChI=1S/C21H31N3O2/c1-16-5-4-6-17(2)24(16)21(26)15-22-11-13-23(14-12-22)20-9-7-19(8-10-20)18(3)25/h7-10,16-17H,4-6,11-15H2,1-3H3/p+1/t16-,17-/m0/s1. The maximum absolute atomic E-state index is 12.8. The van der Waals surface area contributed by atoms with Gasteiger partial charge >= 0.3 is 0 Å². The first kappa shape index (κ1) is 18.9. The van der Waals surface area contributed by atoms with E-state index in [0.29, 0.717) is 24.5 Å². The summed E-state index contributed by atoms with van der Waals surface area (Å²) < 4.78 is 0. The zero-order valence-electron chi connectivity index (χ0n) is 16.3. The number of hydrogen-bond acceptors (Lipinski definition) is 3. The predicted octanol–water partition coefficient (Wildman–Crippen LogP) is 1.38. The molecule has 142 valence electrons. The van der Waals surface area contributed by atoms with Crippen molar-refractivity contribution in [3.8, 4) is 0 Å². The van der Waals surface area contributed by atoms with Crippen molar-refractivity contribution < 1.29 is 14.5 Å². The molecular formula is C21H32N3O2+. The molecule has 3 rings (SSSR count). The Balaban J connectivity index is 1.52. The molecule has 2 aliphatic heterocycles. The van der Waals surface area contributed by atoms with Gasteiger partial charge in [-0.3, -0.25) is 9.59 Å². The van der Waals surface area contributed by atoms with Crippen molar-refractivity contribution in [2.45, 2.75) is 52.1 Å². The van der Waals surface area contributed by atoms with Gasteiger partial charge in [-0.05, 0) is 64.3 Å². The van der Waals surface area contributed by atoms with E-state index < -0.39 is 0 Å². The van der Waals surface area contributed by atoms with E-state index in [-0.39, 0.29) is 5.78 Å². The summed E-state index contributed by atoms with van der Waals surface area (Å²) in [5.74, 6) is 0.421. The summed E-state index contributed by atoms with van der Waals surface area (Å²) in [7, 11) is 0. The van der Waals surface area contributed by atoms with Crippen molar-refractivity contribution in [2.24, 2.45) is 0 Å². The lowest BCUT2D eigenvalue weighted by Gasteiger charge is -2.40. The van der Waals surface area contributed by atoms with Crippen molar-refractivity contribution in [1.82, 2.24) is 4.90 Å². The first-order valence-corrected chi connectivity index (χ1v) is 9.96. The van der Waals surface area contributed by atoms with Crippen LogP contribution in [0.3, 0.4) is 0 Å². The summed E-state index contributed by atoms with van der Waals surface area (Å²) in [6.07, 6.45) is 3.50. The number of amides is 1. The number of carbonyl (C=O) groups is 2. The summed E-state index contributed by atoms with van der Waals surface area (Å²) in [4.78, 5) is 30.1. The van der Waals surface area contributed by atoms with Gasteiger partial charge in [0.05, 0.1) is 26.2 Å². The maximum Gasteiger partial charge on any atom is 0.278 e. The van der Waals surface area contributed by atoms with Crippen molar-refractivity contribution in [2.75, 3.05) is 37.6 Å². The lowest BCUT2D eigenvalue weighted by Crippen LogP contribution is -3.16. The second-order valence-electron chi connectivity index (χ2n) is 7.95. The van der Waals surface area contributed by atoms with Gasteiger partial charge in [-0.25, -0.2) is 0 Å². The molecule has 5 heteroatoms. The van der Waals surface area contributed by atoms with Crippen LogP contribution in [-0.4, -0.2) is 61.4 Å². The third-order valence-corrected chi connectivity index (χ3v) is 5.99. The molecule has 0 unspecified atom stereocenters. The Bertz CT molecular complexity index is 625. The number of piperidine rings is 1. The topological polar surface area (TPSA) is 45.1 Å². The van der Waals surface area contributed by atoms with Crippen LogP contribution < -0.4 is 9.80 Å². The van der Waals surface area contributed by atoms with Crippen molar-refractivity contribution in [1.29, 1.82) is 0 Å². The van der Waals surface area contributed by atoms with E-state index in [2.05, 4.69) is 23.6 Å². The normalized spacial score (nSPS) is 24.6. The molecular weight excluding hydrogens is 326 g/mol. The fourth-order valence-electron chi connectivity index (χ4n) is 4.38. The summed E-state index contributed by atoms with van der Waals surface area (Å²) in [5, 5.41) is 0. The second-order valence-corrected chi connectivity index (χ2v) is 7.95. The van der Waals surface area contributed by atoms with E-state index in [0.717, 1.165) is 44.6 Å². The number of benzene rings is 1. The fourth-order valence-corrected chi connectivity index (χ4v) is 4.38. The molecule has 2 saturated heterocycles. The van der Waals surface area contributed by atoms with E-state index in [1.54, 1.807) is 6.92 Å². The third kappa shape index (κ3) is 4.26. The van der Waals surface area contributed by atoms with E-state index >= 15 is 0 Å². The number of hydrogen-bond donors (Lipinski definition) is 1. The van der Waals surface area contributed by atoms with Crippen LogP contribution in [0.25, 0.3) is 0 Å². The smallest absolute Gasteiger partial charge is 0.278 e. The molecule has 1 amide bonds. The van der Waals surface area contributed by atoms with Gasteiger partial charge < -0.3 is 14.7 Å². The number of anilines is 1. The number of nitrogens with zero attached hydrogens (tertiary/aromatic N) is 2. The van der Waals surface area contributed by atoms with Gasteiger partial charge in [-0.15, -0.1) is 0 Å². The van der Waals surface area contributed by atoms with Crippen molar-refractivity contribution in [3.05, 3.63) is 29.8 Å². The number of rotatable bonds is 4. The Hall–Kier alpha value is -1.88. The first-order chi connectivity index (χ1) is 12.5. The van der Waals surface area contributed by atoms with E-state index in [1.807, 2.05) is 24.3 Å². The molecule has 2 atom stereocenters. The molecule has 26 heavy (non-hydrogen) atoms. The maximum atomic E-state index is 12.8. The average Bonchev–Trinajstić information content (AvgIpc) is 2.62. The SMILES string of the molecule is CC(=O)c1ccc(N2CC[NH+](CC(=O)N3[C@@H](C)CCC[C@@H]3C)CC2)cc1. The number of piperazine rings is 1. The van der Waals surface area contributed by atoms with Gasteiger partial charge in [0.1, 0.15) is 0 Å². The minimum Gasteiger partial charge on any atom is -0.360 e. The zero-order valence-corrected chi connectivity index (χ0v) is 16.3. The Morgan fingerprint density at radius 2 is 1.62 bits per heavy atom. The van der Waals surface area contributed by atoms with Crippen LogP contribution in [0.2, 0.25) is 0 Å². The monoisotopic (exact) mass is 358 g/mol. The molecule has 5 nitrogen and oxygen atoms in total. The zero-order chi connectivity index (χ0) is 18.7. The molecule has 2 aliphatic rings. The number of ketones is 1. The molecule has 0 radical (unpaired) electrons. The van der Waals surface area contributed by atoms with Crippen molar-refractivity contribution >= 4 is 17.4 Å². The highest BCUT2D eigenvalue weighted by molar-refractivity contribution is 5.94. The molecule has 2 heterocycles. The minimum atomic E-state index is 0.102. The van der Waals surface area contributed by atoms with Crippen molar-refractivity contribution in [3.63, 3.8) is 0 Å². The highest BCUT2D eigenvalue weighted by Gasteiger charge is 2.32. The molecule has 2 fully saturated rings. The predicted molar refractivity (Wildman–Crippen MR) is 104 cm³/mol. The lowest BCUT2D eigenvalue weighted by molar-refractivity contribution is -0.892. The molecule has 0 aromatic heterocycles. The number of quaternary nitrogens is 1. The number of carbonyl (C=O) groups excluding carboxylic acids is 2. The quantitative estimate of drug-likeness (QED) is 0.827. The van der Waals surface area contributed by atoms with Gasteiger partial charge in [0.15, 0.2) is 12.3 Å². The molecule has 0 aliphatic carbocycles. The Morgan fingerprint density at radius 3 is 2.15 bits per heavy atom. The third-order valence-electron chi connectivity index (χ3n) is 5.99. The highest BCUT2D eigenvalue weighted by atomic mass is 16.2. The Kier molecular flexibility index (Phi) is 5.97. The molecule has 1 aromatic rings. The molecule has 1 aromatic carbocycles. The molecule has 0 bridgehead atoms. The van der Waals surface area contributed by atoms with Crippen LogP contribution in [0.1, 0.15) is 50.4 Å². The minimum absolute atomic E-state index is 0.102. The number of likely N-dealkylation sites (tertiary alicyclic amines) is 1. The van der Waals surface area contributed by atoms with E-state index in [9.17, 15) is 9.59 Å². The van der Waals surface area contributed by atoms with E-state index in [4.69, 9.17) is 0 Å². The van der Waals surface area contributed by atoms with Gasteiger partial charge in [-0.1, -0.05) is 0 Å². The van der Waals surface area contributed by atoms with E-state index in [1.165, 1.54) is 17.0 Å². The molecule has 0 saturated carbocycles. The highest BCUT2D eigenvalue weighted by Crippen LogP contribution is 2.22. The van der Waals surface area contributed by atoms with Crippen LogP contribution in [0.4, 0.5) is 5.69 Å². The van der Waals surface area contributed by atoms with Gasteiger partial charge in [0.25, 0.3) is 5.91 Å². The van der Waals surface area contributed by atoms with Crippen LogP contribution in [0.15, 0.2) is 24.3 Å². The lowest BCUT2D eigenvalue weighted by atomic mass is 9.97. The number of Topliss-reactive ketones (excluding diaryl/α,β-unsaturated/α-hetero) is 1. The van der Waals surface area contributed by atoms with Crippen LogP contribution in [0, 0.1) is 0 Å². The van der Waals surface area contributed by atoms with Crippen LogP contribution in [0.5, 0.6) is 0 Å². The largest absolute Gasteiger partial charge is 0.360 e. The summed E-state index contributed by atoms with van der Waals surface area (Å²) in [6.45, 7) is 10.5. The van der Waals surface area contributed by atoms with Gasteiger partial charge in [-0.2, -0.15) is 0 Å². The second kappa shape index (κ2) is 8.21. The van der Waals surface area contributed by atoms with Crippen LogP contribution in [-0.2, 0) is 4.79 Å². The summed E-state index contributed by atoms with van der Waals surface area (Å²) >= 11 is 0. The van der Waals surface area contributed by atoms with Gasteiger partial charge in [0.2, 0.25) is 0 Å². The summed E-state index contributed by atoms with van der Waals surface area (Å²) in [5.41, 5.74) is 1.92. The number of nitrogens with one attached hydrogen (secondary N) is 1.